The Morgan fingerprint density at radius 1 is 0.299 bits per heavy atom. The van der Waals surface area contributed by atoms with Crippen molar-refractivity contribution in [2.45, 2.75) is 135 Å². The second kappa shape index (κ2) is 43.8. The second-order valence-electron chi connectivity index (χ2n) is 35.9. The molecule has 4 aliphatic rings. The molecular formula is C111H117FN16O6. The van der Waals surface area contributed by atoms with E-state index in [0.29, 0.717) is 0 Å². The third-order valence-electron chi connectivity index (χ3n) is 26.9. The fourth-order valence-electron chi connectivity index (χ4n) is 19.1. The second-order valence-corrected chi connectivity index (χ2v) is 35.9. The highest BCUT2D eigenvalue weighted by Crippen LogP contribution is 2.28. The van der Waals surface area contributed by atoms with Crippen LogP contribution in [0.2, 0.25) is 0 Å². The normalized spacial score (nSPS) is 15.4. The first-order valence-electron chi connectivity index (χ1n) is 47.6. The largest absolute Gasteiger partial charge is 0.395 e. The Morgan fingerprint density at radius 3 is 0.963 bits per heavy atom. The average molecular weight is 1790 g/mol. The van der Waals surface area contributed by atoms with Crippen molar-refractivity contribution in [3.63, 3.8) is 0 Å². The summed E-state index contributed by atoms with van der Waals surface area (Å²) in [6, 6.07) is 85.9. The number of fused-ring (bicyclic) bond motifs is 4. The lowest BCUT2D eigenvalue weighted by Gasteiger charge is -2.22. The first-order chi connectivity index (χ1) is 65.7. The van der Waals surface area contributed by atoms with Crippen LogP contribution in [0.1, 0.15) is 89.5 Å². The first-order valence-corrected chi connectivity index (χ1v) is 47.6. The van der Waals surface area contributed by atoms with Crippen molar-refractivity contribution in [3.05, 3.63) is 402 Å². The standard InChI is InChI=1S/C32H32N4O.C27H30N4O2.C26H27FN4O.C26H28N4O2/c37-32-22-26(9-8-25-10-12-28(13-11-25)27-6-2-1-3-7-27)16-19-35(32)30-14-15-31-29(23-30)24-33-36(31)21-20-34-17-4-5-18-34;32-20-25-7-4-13-29(25)15-16-31-26-11-10-24(18-23(26)19-28-31)30-14-12-22(17-27(30)33)9-8-21-5-2-1-3-6-21;27-23-7-5-20(6-8-23)3-4-21-11-14-30(26(32)17-21)24-9-10-25-22(18-24)19-28-31(25)16-15-29-12-1-2-13-29;31-24-11-12-28(19-24)14-15-30-25-9-8-23(17-22(25)18-27-30)29-13-10-21(16-26(29)32)7-6-20-4-2-1-3-5-20/h1-3,6-7,10-16,19,22-24H,4-5,8-9,17-18,20-21H2;1-3,5-6,10-12,14,17-19,25,32H,4,7-9,13,15-16,20H2;5-11,14,17-19H,1-4,12-13,15-16H2;1-5,8-10,13,16-18,24,31H,6-7,11-12,14-15,19H2/t;25-;;24-/m.1.0/s1. The van der Waals surface area contributed by atoms with E-state index in [1.807, 2.05) is 174 Å². The van der Waals surface area contributed by atoms with Crippen molar-refractivity contribution < 1.29 is 14.6 Å². The lowest BCUT2D eigenvalue weighted by Crippen LogP contribution is -2.34. The smallest absolute Gasteiger partial charge is 0.255 e. The lowest BCUT2D eigenvalue weighted by molar-refractivity contribution is 0.154. The summed E-state index contributed by atoms with van der Waals surface area (Å²) in [7, 11) is 0. The zero-order chi connectivity index (χ0) is 91.5. The van der Waals surface area contributed by atoms with Gasteiger partial charge in [0.15, 0.2) is 0 Å². The quantitative estimate of drug-likeness (QED) is 0.0429. The van der Waals surface area contributed by atoms with Crippen LogP contribution >= 0.6 is 0 Å². The zero-order valence-corrected chi connectivity index (χ0v) is 76.1. The van der Waals surface area contributed by atoms with Gasteiger partial charge < -0.3 is 20.0 Å². The topological polar surface area (TPSA) is 213 Å². The summed E-state index contributed by atoms with van der Waals surface area (Å²) in [6.45, 7) is 14.9. The number of aliphatic hydroxyl groups excluding tert-OH is 2. The van der Waals surface area contributed by atoms with E-state index in [1.54, 1.807) is 54.7 Å². The highest BCUT2D eigenvalue weighted by atomic mass is 19.1. The van der Waals surface area contributed by atoms with Crippen molar-refractivity contribution in [1.82, 2.24) is 77.0 Å². The molecule has 22 nitrogen and oxygen atoms in total. The van der Waals surface area contributed by atoms with Gasteiger partial charge in [-0.05, 0) is 294 Å². The molecule has 4 saturated heterocycles. The molecule has 23 heteroatoms. The van der Waals surface area contributed by atoms with Gasteiger partial charge in [0.05, 0.1) is 85.7 Å². The number of hydrogen-bond donors (Lipinski definition) is 2. The fourth-order valence-corrected chi connectivity index (χ4v) is 19.1. The summed E-state index contributed by atoms with van der Waals surface area (Å²) in [5.74, 6) is -0.231. The van der Waals surface area contributed by atoms with Gasteiger partial charge in [-0.25, -0.2) is 4.39 Å². The first kappa shape index (κ1) is 90.9. The van der Waals surface area contributed by atoms with E-state index in [9.17, 15) is 33.8 Å². The predicted molar refractivity (Wildman–Crippen MR) is 532 cm³/mol. The van der Waals surface area contributed by atoms with Gasteiger partial charge in [-0.2, -0.15) is 20.4 Å². The molecule has 0 spiro atoms. The van der Waals surface area contributed by atoms with Crippen LogP contribution in [0.25, 0.3) is 77.5 Å². The van der Waals surface area contributed by atoms with E-state index >= 15 is 0 Å². The van der Waals surface area contributed by atoms with Gasteiger partial charge in [0.1, 0.15) is 5.82 Å². The van der Waals surface area contributed by atoms with E-state index in [1.165, 1.54) is 91.8 Å². The number of halogens is 1. The number of likely N-dealkylation sites (tertiary alicyclic amines) is 4. The minimum absolute atomic E-state index is 0.00213. The number of β-amino-alcohol motifs (C(OH)–C–C–N with tert-alkyl or cyclic N) is 1. The molecule has 0 unspecified atom stereocenters. The Kier molecular flexibility index (Phi) is 29.7. The zero-order valence-electron chi connectivity index (χ0n) is 76.1. The molecule has 0 bridgehead atoms. The summed E-state index contributed by atoms with van der Waals surface area (Å²) in [5.41, 5.74) is 19.1. The molecule has 9 aromatic carbocycles. The number of rotatable bonds is 30. The van der Waals surface area contributed by atoms with Crippen molar-refractivity contribution in [1.29, 1.82) is 0 Å². The van der Waals surface area contributed by atoms with Crippen LogP contribution in [0.3, 0.4) is 0 Å². The number of hydrogen-bond acceptors (Lipinski definition) is 14. The maximum atomic E-state index is 13.1. The number of nitrogens with zero attached hydrogens (tertiary/aromatic N) is 16. The van der Waals surface area contributed by atoms with Crippen LogP contribution in [0.4, 0.5) is 4.39 Å². The molecule has 0 amide bonds. The van der Waals surface area contributed by atoms with Crippen LogP contribution in [-0.2, 0) is 77.5 Å². The number of aliphatic hydroxyl groups is 2. The number of benzene rings is 9. The number of aromatic nitrogens is 12. The van der Waals surface area contributed by atoms with Gasteiger partial charge in [0.2, 0.25) is 0 Å². The Balaban J connectivity index is 0.000000120. The lowest BCUT2D eigenvalue weighted by atomic mass is 10.0. The van der Waals surface area contributed by atoms with E-state index < -0.39 is 0 Å². The summed E-state index contributed by atoms with van der Waals surface area (Å²) in [4.78, 5) is 61.0. The average Bonchev–Trinajstić information content (AvgIpc) is 1.62. The molecule has 2 N–H and O–H groups in total. The molecule has 4 aliphatic heterocycles. The fraction of sp³-hybridized carbons (Fsp3) is 0.297. The highest BCUT2D eigenvalue weighted by molar-refractivity contribution is 5.83. The Morgan fingerprint density at radius 2 is 0.619 bits per heavy atom. The third-order valence-corrected chi connectivity index (χ3v) is 26.9. The van der Waals surface area contributed by atoms with Crippen LogP contribution in [0, 0.1) is 5.82 Å². The van der Waals surface area contributed by atoms with Gasteiger partial charge in [-0.3, -0.25) is 66.0 Å². The molecule has 4 fully saturated rings. The van der Waals surface area contributed by atoms with Gasteiger partial charge in [-0.1, -0.05) is 127 Å². The Bertz CT molecular complexity index is 7030. The maximum Gasteiger partial charge on any atom is 0.255 e. The summed E-state index contributed by atoms with van der Waals surface area (Å²) < 4.78 is 28.0. The molecule has 134 heavy (non-hydrogen) atoms. The summed E-state index contributed by atoms with van der Waals surface area (Å²) in [5, 5.41) is 41.7. The SMILES string of the molecule is O=c1cc(CCc2ccc(-c3ccccc3)cc2)ccn1-c1ccc2c(cnn2CCN2CCCC2)c1.O=c1cc(CCc2ccc(F)cc2)ccn1-c1ccc2c(cnn2CCN2CCCC2)c1.O=c1cc(CCc2ccccc2)ccn1-c1ccc2c(cnn2CCN2CCC[C@@H]2CO)c1.O=c1cc(CCc2ccccc2)ccn1-c1ccc2c(cnn2CCN2CC[C@H](O)C2)c1. The van der Waals surface area contributed by atoms with Crippen LogP contribution in [0.15, 0.2) is 330 Å². The molecular weight excluding hydrogens is 1670 g/mol. The maximum absolute atomic E-state index is 13.1. The van der Waals surface area contributed by atoms with Crippen LogP contribution < -0.4 is 22.2 Å². The molecule has 12 heterocycles. The summed E-state index contributed by atoms with van der Waals surface area (Å²) in [6.07, 6.45) is 29.8. The highest BCUT2D eigenvalue weighted by Gasteiger charge is 2.25. The molecule has 8 aromatic heterocycles. The molecule has 0 radical (unpaired) electrons. The van der Waals surface area contributed by atoms with Gasteiger partial charge in [0.25, 0.3) is 22.2 Å². The van der Waals surface area contributed by atoms with Crippen molar-refractivity contribution in [3.8, 4) is 33.9 Å². The van der Waals surface area contributed by atoms with Crippen LogP contribution in [0.5, 0.6) is 0 Å². The van der Waals surface area contributed by atoms with Crippen molar-refractivity contribution >= 4 is 43.6 Å². The molecule has 2 atom stereocenters. The predicted octanol–water partition coefficient (Wildman–Crippen LogP) is 16.4. The Labute approximate surface area is 779 Å². The molecule has 21 rings (SSSR count). The van der Waals surface area contributed by atoms with E-state index in [-0.39, 0.29) is 46.8 Å². The Hall–Kier alpha value is -13.7. The molecule has 0 saturated carbocycles. The molecule has 684 valence electrons. The minimum Gasteiger partial charge on any atom is -0.395 e. The number of aryl methyl sites for hydroxylation is 8. The van der Waals surface area contributed by atoms with Crippen molar-refractivity contribution in [2.75, 3.05) is 78.6 Å². The third kappa shape index (κ3) is 23.1. The molecule has 0 aliphatic carbocycles. The van der Waals surface area contributed by atoms with Crippen LogP contribution in [-0.4, -0.2) is 178 Å². The van der Waals surface area contributed by atoms with Gasteiger partial charge in [0, 0.05) is 139 Å². The minimum atomic E-state index is -0.231. The molecule has 17 aromatic rings. The number of pyridine rings is 4. The van der Waals surface area contributed by atoms with E-state index in [2.05, 4.69) is 146 Å². The van der Waals surface area contributed by atoms with Crippen molar-refractivity contribution in [2.24, 2.45) is 0 Å². The van der Waals surface area contributed by atoms with Gasteiger partial charge >= 0.3 is 0 Å². The van der Waals surface area contributed by atoms with E-state index in [4.69, 9.17) is 0 Å². The van der Waals surface area contributed by atoms with E-state index in [0.717, 1.165) is 237 Å². The monoisotopic (exact) mass is 1790 g/mol. The van der Waals surface area contributed by atoms with Gasteiger partial charge in [-0.15, -0.1) is 0 Å². The summed E-state index contributed by atoms with van der Waals surface area (Å²) >= 11 is 0.